The lowest BCUT2D eigenvalue weighted by molar-refractivity contribution is -0.0212. The van der Waals surface area contributed by atoms with Crippen LogP contribution in [0.5, 0.6) is 0 Å². The lowest BCUT2D eigenvalue weighted by atomic mass is 9.84. The molecule has 0 spiro atoms. The molecule has 0 saturated carbocycles. The van der Waals surface area contributed by atoms with E-state index in [1.54, 1.807) is 18.3 Å². The van der Waals surface area contributed by atoms with Gasteiger partial charge in [-0.05, 0) is 44.3 Å². The molecular formula is C14H22F3NOSi. The summed E-state index contributed by atoms with van der Waals surface area (Å²) in [5, 5.41) is 0. The Bertz CT molecular complexity index is 424. The number of alkyl halides is 3. The highest BCUT2D eigenvalue weighted by Crippen LogP contribution is 2.40. The SMILES string of the molecule is Cc1ccnc(C(O[Si](C)(C)C)C(CF)(CF)CF)c1. The topological polar surface area (TPSA) is 22.1 Å². The first kappa shape index (κ1) is 17.2. The smallest absolute Gasteiger partial charge is 0.184 e. The van der Waals surface area contributed by atoms with Crippen LogP contribution in [-0.4, -0.2) is 33.3 Å². The first-order valence-electron chi connectivity index (χ1n) is 6.56. The van der Waals surface area contributed by atoms with Crippen LogP contribution in [0.1, 0.15) is 17.4 Å². The van der Waals surface area contributed by atoms with Crippen molar-refractivity contribution in [2.75, 3.05) is 20.0 Å². The highest BCUT2D eigenvalue weighted by molar-refractivity contribution is 6.69. The van der Waals surface area contributed by atoms with Crippen LogP contribution in [0.15, 0.2) is 18.3 Å². The van der Waals surface area contributed by atoms with E-state index in [-0.39, 0.29) is 0 Å². The second kappa shape index (κ2) is 6.71. The highest BCUT2D eigenvalue weighted by atomic mass is 28.4. The maximum Gasteiger partial charge on any atom is 0.184 e. The van der Waals surface area contributed by atoms with Gasteiger partial charge in [0.2, 0.25) is 0 Å². The van der Waals surface area contributed by atoms with Gasteiger partial charge in [0.25, 0.3) is 0 Å². The number of aromatic nitrogens is 1. The van der Waals surface area contributed by atoms with Gasteiger partial charge in [0, 0.05) is 6.20 Å². The average Bonchev–Trinajstić information content (AvgIpc) is 2.39. The van der Waals surface area contributed by atoms with Crippen molar-refractivity contribution in [1.82, 2.24) is 4.98 Å². The van der Waals surface area contributed by atoms with E-state index in [4.69, 9.17) is 4.43 Å². The second-order valence-electron chi connectivity index (χ2n) is 6.13. The number of nitrogens with zero attached hydrogens (tertiary/aromatic N) is 1. The van der Waals surface area contributed by atoms with Crippen molar-refractivity contribution in [1.29, 1.82) is 0 Å². The molecule has 6 heteroatoms. The summed E-state index contributed by atoms with van der Waals surface area (Å²) in [4.78, 5) is 4.13. The predicted molar refractivity (Wildman–Crippen MR) is 76.5 cm³/mol. The first-order chi connectivity index (χ1) is 9.28. The van der Waals surface area contributed by atoms with Crippen LogP contribution in [0, 0.1) is 12.3 Å². The minimum Gasteiger partial charge on any atom is -0.408 e. The van der Waals surface area contributed by atoms with Crippen molar-refractivity contribution < 1.29 is 17.6 Å². The largest absolute Gasteiger partial charge is 0.408 e. The number of aryl methyl sites for hydroxylation is 1. The molecule has 1 unspecified atom stereocenters. The van der Waals surface area contributed by atoms with Gasteiger partial charge in [-0.2, -0.15) is 0 Å². The minimum absolute atomic E-state index is 0.389. The molecule has 1 aromatic heterocycles. The Morgan fingerprint density at radius 2 is 1.75 bits per heavy atom. The molecule has 1 heterocycles. The maximum atomic E-state index is 13.4. The molecule has 114 valence electrons. The standard InChI is InChI=1S/C14H22F3NOSi/c1-11-5-6-18-12(7-11)13(19-20(2,3)4)14(8-15,9-16)10-17/h5-7,13H,8-10H2,1-4H3. The van der Waals surface area contributed by atoms with Crippen LogP contribution in [0.3, 0.4) is 0 Å². The molecule has 0 amide bonds. The number of hydrogen-bond acceptors (Lipinski definition) is 2. The summed E-state index contributed by atoms with van der Waals surface area (Å²) >= 11 is 0. The molecule has 0 bridgehead atoms. The van der Waals surface area contributed by atoms with Gasteiger partial charge in [0.1, 0.15) is 26.1 Å². The van der Waals surface area contributed by atoms with E-state index >= 15 is 0 Å². The number of pyridine rings is 1. The van der Waals surface area contributed by atoms with Gasteiger partial charge in [-0.25, -0.2) is 0 Å². The molecular weight excluding hydrogens is 283 g/mol. The Morgan fingerprint density at radius 1 is 1.20 bits per heavy atom. The van der Waals surface area contributed by atoms with Gasteiger partial charge in [0.15, 0.2) is 8.32 Å². The molecule has 0 aliphatic rings. The molecule has 20 heavy (non-hydrogen) atoms. The summed E-state index contributed by atoms with van der Waals surface area (Å²) in [5.74, 6) is 0. The van der Waals surface area contributed by atoms with Crippen molar-refractivity contribution in [3.8, 4) is 0 Å². The van der Waals surface area contributed by atoms with E-state index < -0.39 is 39.9 Å². The zero-order valence-electron chi connectivity index (χ0n) is 12.4. The number of halogens is 3. The Labute approximate surface area is 119 Å². The molecule has 0 aliphatic carbocycles. The zero-order chi connectivity index (χ0) is 15.4. The van der Waals surface area contributed by atoms with Crippen LogP contribution >= 0.6 is 0 Å². The summed E-state index contributed by atoms with van der Waals surface area (Å²) in [6.07, 6.45) is 0.541. The lowest BCUT2D eigenvalue weighted by Crippen LogP contribution is -2.42. The third kappa shape index (κ3) is 4.05. The van der Waals surface area contributed by atoms with Gasteiger partial charge in [-0.1, -0.05) is 0 Å². The van der Waals surface area contributed by atoms with Crippen LogP contribution < -0.4 is 0 Å². The molecule has 0 radical (unpaired) electrons. The summed E-state index contributed by atoms with van der Waals surface area (Å²) in [6, 6.07) is 3.47. The minimum atomic E-state index is -2.12. The molecule has 2 nitrogen and oxygen atoms in total. The van der Waals surface area contributed by atoms with Gasteiger partial charge >= 0.3 is 0 Å². The average molecular weight is 305 g/mol. The quantitative estimate of drug-likeness (QED) is 0.705. The van der Waals surface area contributed by atoms with Crippen molar-refractivity contribution in [3.05, 3.63) is 29.6 Å². The third-order valence-corrected chi connectivity index (χ3v) is 3.97. The second-order valence-corrected chi connectivity index (χ2v) is 10.6. The fourth-order valence-electron chi connectivity index (χ4n) is 1.87. The van der Waals surface area contributed by atoms with Crippen molar-refractivity contribution in [2.24, 2.45) is 5.41 Å². The molecule has 1 atom stereocenters. The molecule has 0 saturated heterocycles. The zero-order valence-corrected chi connectivity index (χ0v) is 13.4. The number of hydrogen-bond donors (Lipinski definition) is 0. The van der Waals surface area contributed by atoms with E-state index in [2.05, 4.69) is 4.98 Å². The Kier molecular flexibility index (Phi) is 5.76. The number of rotatable bonds is 7. The van der Waals surface area contributed by atoms with Gasteiger partial charge in [-0.15, -0.1) is 0 Å². The normalized spacial score (nSPS) is 14.3. The monoisotopic (exact) mass is 305 g/mol. The van der Waals surface area contributed by atoms with Crippen LogP contribution in [0.25, 0.3) is 0 Å². The molecule has 0 aromatic carbocycles. The van der Waals surface area contributed by atoms with Crippen LogP contribution in [0.2, 0.25) is 19.6 Å². The summed E-state index contributed by atoms with van der Waals surface area (Å²) in [5.41, 5.74) is -0.522. The summed E-state index contributed by atoms with van der Waals surface area (Å²) in [7, 11) is -2.12. The molecule has 0 aliphatic heterocycles. The summed E-state index contributed by atoms with van der Waals surface area (Å²) in [6.45, 7) is 4.18. The van der Waals surface area contributed by atoms with E-state index in [9.17, 15) is 13.2 Å². The molecule has 1 aromatic rings. The Hall–Kier alpha value is -0.883. The maximum absolute atomic E-state index is 13.4. The van der Waals surface area contributed by atoms with E-state index in [1.165, 1.54) is 0 Å². The fourth-order valence-corrected chi connectivity index (χ4v) is 2.95. The van der Waals surface area contributed by atoms with Crippen LogP contribution in [-0.2, 0) is 4.43 Å². The van der Waals surface area contributed by atoms with Crippen molar-refractivity contribution in [2.45, 2.75) is 32.7 Å². The van der Waals surface area contributed by atoms with Crippen molar-refractivity contribution in [3.63, 3.8) is 0 Å². The van der Waals surface area contributed by atoms with E-state index in [1.807, 2.05) is 26.6 Å². The van der Waals surface area contributed by atoms with Gasteiger partial charge < -0.3 is 4.43 Å². The summed E-state index contributed by atoms with van der Waals surface area (Å²) < 4.78 is 45.9. The fraction of sp³-hybridized carbons (Fsp3) is 0.643. The van der Waals surface area contributed by atoms with E-state index in [0.29, 0.717) is 5.69 Å². The Balaban J connectivity index is 3.27. The molecule has 0 fully saturated rings. The molecule has 1 rings (SSSR count). The first-order valence-corrected chi connectivity index (χ1v) is 9.97. The van der Waals surface area contributed by atoms with Gasteiger partial charge in [0.05, 0.1) is 11.1 Å². The molecule has 0 N–H and O–H groups in total. The highest BCUT2D eigenvalue weighted by Gasteiger charge is 2.44. The third-order valence-electron chi connectivity index (χ3n) is 3.03. The lowest BCUT2D eigenvalue weighted by Gasteiger charge is -2.37. The van der Waals surface area contributed by atoms with Crippen molar-refractivity contribution >= 4 is 8.32 Å². The van der Waals surface area contributed by atoms with Crippen LogP contribution in [0.4, 0.5) is 13.2 Å². The Morgan fingerprint density at radius 3 is 2.15 bits per heavy atom. The van der Waals surface area contributed by atoms with E-state index in [0.717, 1.165) is 5.56 Å². The predicted octanol–water partition coefficient (Wildman–Crippen LogP) is 4.18. The van der Waals surface area contributed by atoms with Gasteiger partial charge in [-0.3, -0.25) is 18.2 Å².